The number of hydrogen-bond donors (Lipinski definition) is 2. The number of rotatable bonds is 10. The smallest absolute Gasteiger partial charge is 0.257 e. The molecule has 3 aliphatic carbocycles. The number of halogens is 2. The van der Waals surface area contributed by atoms with Crippen molar-refractivity contribution in [1.82, 2.24) is 30.4 Å². The van der Waals surface area contributed by atoms with Crippen molar-refractivity contribution in [3.8, 4) is 0 Å². The van der Waals surface area contributed by atoms with Gasteiger partial charge in [0.25, 0.3) is 5.91 Å². The Hall–Kier alpha value is -3.37. The number of carbonyl (C=O) groups excluding carboxylic acids is 2. The minimum atomic E-state index is -2.69. The van der Waals surface area contributed by atoms with Crippen LogP contribution in [0.25, 0.3) is 5.65 Å². The van der Waals surface area contributed by atoms with Crippen molar-refractivity contribution in [2.24, 2.45) is 11.8 Å². The predicted octanol–water partition coefficient (Wildman–Crippen LogP) is 5.65. The monoisotopic (exact) mass is 554 g/mol. The van der Waals surface area contributed by atoms with Crippen molar-refractivity contribution in [1.29, 1.82) is 0 Å². The molecule has 3 aliphatic rings. The summed E-state index contributed by atoms with van der Waals surface area (Å²) < 4.78 is 35.1. The third-order valence-corrected chi connectivity index (χ3v) is 8.76. The second kappa shape index (κ2) is 10.9. The van der Waals surface area contributed by atoms with Crippen LogP contribution < -0.4 is 10.6 Å². The Morgan fingerprint density at radius 2 is 1.82 bits per heavy atom. The minimum absolute atomic E-state index is 0.0273. The Balaban J connectivity index is 1.29. The van der Waals surface area contributed by atoms with Crippen molar-refractivity contribution in [3.05, 3.63) is 47.2 Å². The van der Waals surface area contributed by atoms with E-state index in [1.807, 2.05) is 13.0 Å². The molecule has 0 bridgehead atoms. The highest BCUT2D eigenvalue weighted by Gasteiger charge is 2.40. The topological polar surface area (TPSA) is 114 Å². The fourth-order valence-electron chi connectivity index (χ4n) is 6.06. The van der Waals surface area contributed by atoms with E-state index in [0.717, 1.165) is 44.1 Å². The van der Waals surface area contributed by atoms with Crippen LogP contribution in [0.1, 0.15) is 123 Å². The summed E-state index contributed by atoms with van der Waals surface area (Å²) in [5.41, 5.74) is 2.46. The number of alkyl halides is 2. The molecule has 2 amide bonds. The van der Waals surface area contributed by atoms with Crippen LogP contribution in [-0.2, 0) is 4.79 Å². The summed E-state index contributed by atoms with van der Waals surface area (Å²) in [7, 11) is 0. The summed E-state index contributed by atoms with van der Waals surface area (Å²) >= 11 is 0. The number of nitrogens with one attached hydrogen (secondary N) is 2. The highest BCUT2D eigenvalue weighted by atomic mass is 19.3. The van der Waals surface area contributed by atoms with Gasteiger partial charge in [0.05, 0.1) is 36.4 Å². The molecule has 40 heavy (non-hydrogen) atoms. The fourth-order valence-corrected chi connectivity index (χ4v) is 6.06. The zero-order chi connectivity index (χ0) is 27.9. The van der Waals surface area contributed by atoms with Gasteiger partial charge in [-0.2, -0.15) is 5.10 Å². The normalized spacial score (nSPS) is 21.1. The Bertz CT molecular complexity index is 1370. The third-order valence-electron chi connectivity index (χ3n) is 8.76. The quantitative estimate of drug-likeness (QED) is 0.335. The van der Waals surface area contributed by atoms with Gasteiger partial charge in [-0.25, -0.2) is 18.3 Å². The second-order valence-electron chi connectivity index (χ2n) is 11.8. The third kappa shape index (κ3) is 5.60. The first-order valence-corrected chi connectivity index (χ1v) is 14.6. The molecule has 0 aliphatic heterocycles. The van der Waals surface area contributed by atoms with Crippen LogP contribution in [0, 0.1) is 11.8 Å². The van der Waals surface area contributed by atoms with Crippen LogP contribution in [0.5, 0.6) is 0 Å². The highest BCUT2D eigenvalue weighted by molar-refractivity contribution is 5.95. The van der Waals surface area contributed by atoms with E-state index in [4.69, 9.17) is 9.51 Å². The maximum Gasteiger partial charge on any atom is 0.257 e. The number of carbonyl (C=O) groups is 2. The molecule has 2 atom stereocenters. The zero-order valence-corrected chi connectivity index (χ0v) is 22.7. The molecule has 0 spiro atoms. The summed E-state index contributed by atoms with van der Waals surface area (Å²) in [4.78, 5) is 30.7. The number of aromatic nitrogens is 4. The van der Waals surface area contributed by atoms with E-state index in [-0.39, 0.29) is 55.4 Å². The first-order valence-electron chi connectivity index (χ1n) is 14.6. The van der Waals surface area contributed by atoms with Gasteiger partial charge in [-0.3, -0.25) is 9.59 Å². The summed E-state index contributed by atoms with van der Waals surface area (Å²) in [6.45, 7) is 1.98. The lowest BCUT2D eigenvalue weighted by Crippen LogP contribution is -2.37. The average Bonchev–Trinajstić information content (AvgIpc) is 3.46. The molecule has 11 heteroatoms. The lowest BCUT2D eigenvalue weighted by atomic mass is 9.77. The SMILES string of the molecule is CCCC(=O)N[C@@H](c1cnn2cc([C@@H](NC(=O)c3cnoc3C3CC3)C3CCC(F)(F)CC3)nc2c1)C1CCC1. The molecule has 214 valence electrons. The molecule has 3 fully saturated rings. The predicted molar refractivity (Wildman–Crippen MR) is 142 cm³/mol. The standard InChI is InChI=1S/C29H36F2N6O3/c1-2-4-24(38)35-25(17-5-3-6-17)20-13-23-34-22(16-37(23)32-14-20)26(18-9-11-29(30,31)12-10-18)36-28(39)21-15-33-40-27(21)19-7-8-19/h13-19,25-26H,2-12H2,1H3,(H,35,38)(H,36,39)/t25-,26+/m1/s1. The van der Waals surface area contributed by atoms with Gasteiger partial charge in [0.2, 0.25) is 11.8 Å². The molecule has 3 heterocycles. The van der Waals surface area contributed by atoms with E-state index in [2.05, 4.69) is 20.9 Å². The molecule has 9 nitrogen and oxygen atoms in total. The maximum absolute atomic E-state index is 14.0. The van der Waals surface area contributed by atoms with Crippen LogP contribution in [0.3, 0.4) is 0 Å². The lowest BCUT2D eigenvalue weighted by molar-refractivity contribution is -0.122. The van der Waals surface area contributed by atoms with Crippen molar-refractivity contribution in [3.63, 3.8) is 0 Å². The highest BCUT2D eigenvalue weighted by Crippen LogP contribution is 2.43. The molecule has 0 saturated heterocycles. The molecule has 6 rings (SSSR count). The number of amides is 2. The van der Waals surface area contributed by atoms with Crippen LogP contribution >= 0.6 is 0 Å². The average molecular weight is 555 g/mol. The molecule has 0 unspecified atom stereocenters. The first-order chi connectivity index (χ1) is 19.3. The van der Waals surface area contributed by atoms with Crippen molar-refractivity contribution < 1.29 is 22.9 Å². The van der Waals surface area contributed by atoms with E-state index >= 15 is 0 Å². The number of nitrogens with zero attached hydrogens (tertiary/aromatic N) is 4. The molecule has 2 N–H and O–H groups in total. The van der Waals surface area contributed by atoms with Gasteiger partial charge in [0.15, 0.2) is 11.4 Å². The Labute approximate surface area is 231 Å². The van der Waals surface area contributed by atoms with Crippen molar-refractivity contribution in [2.75, 3.05) is 0 Å². The number of hydrogen-bond acceptors (Lipinski definition) is 6. The molecule has 3 aromatic rings. The van der Waals surface area contributed by atoms with Gasteiger partial charge >= 0.3 is 0 Å². The molecular weight excluding hydrogens is 518 g/mol. The van der Waals surface area contributed by atoms with Gasteiger partial charge in [-0.1, -0.05) is 18.5 Å². The van der Waals surface area contributed by atoms with Gasteiger partial charge in [0, 0.05) is 25.2 Å². The van der Waals surface area contributed by atoms with Crippen molar-refractivity contribution in [2.45, 2.75) is 101 Å². The Morgan fingerprint density at radius 1 is 1.07 bits per heavy atom. The summed E-state index contributed by atoms with van der Waals surface area (Å²) in [6.07, 6.45) is 11.5. The molecular formula is C29H36F2N6O3. The second-order valence-corrected chi connectivity index (χ2v) is 11.8. The molecule has 0 aromatic carbocycles. The van der Waals surface area contributed by atoms with E-state index < -0.39 is 12.0 Å². The molecule has 3 saturated carbocycles. The summed E-state index contributed by atoms with van der Waals surface area (Å²) in [5, 5.41) is 14.7. The van der Waals surface area contributed by atoms with Gasteiger partial charge in [0.1, 0.15) is 5.56 Å². The van der Waals surface area contributed by atoms with E-state index in [0.29, 0.717) is 35.0 Å². The number of imidazole rings is 1. The van der Waals surface area contributed by atoms with E-state index in [1.54, 1.807) is 16.9 Å². The van der Waals surface area contributed by atoms with Gasteiger partial charge < -0.3 is 15.2 Å². The van der Waals surface area contributed by atoms with Crippen LogP contribution in [0.15, 0.2) is 29.2 Å². The maximum atomic E-state index is 14.0. The summed E-state index contributed by atoms with van der Waals surface area (Å²) in [5.74, 6) is -2.05. The van der Waals surface area contributed by atoms with E-state index in [9.17, 15) is 18.4 Å². The Kier molecular flexibility index (Phi) is 7.31. The number of fused-ring (bicyclic) bond motifs is 1. The van der Waals surface area contributed by atoms with E-state index in [1.165, 1.54) is 6.20 Å². The summed E-state index contributed by atoms with van der Waals surface area (Å²) in [6, 6.07) is 1.24. The van der Waals surface area contributed by atoms with Gasteiger partial charge in [-0.05, 0) is 68.4 Å². The van der Waals surface area contributed by atoms with Crippen molar-refractivity contribution >= 4 is 17.5 Å². The van der Waals surface area contributed by atoms with Crippen LogP contribution in [0.2, 0.25) is 0 Å². The van der Waals surface area contributed by atoms with Gasteiger partial charge in [-0.15, -0.1) is 0 Å². The molecule has 3 aromatic heterocycles. The van der Waals surface area contributed by atoms with Crippen LogP contribution in [0.4, 0.5) is 8.78 Å². The largest absolute Gasteiger partial charge is 0.360 e. The lowest BCUT2D eigenvalue weighted by Gasteiger charge is -2.34. The first kappa shape index (κ1) is 26.8. The van der Waals surface area contributed by atoms with Crippen LogP contribution in [-0.4, -0.2) is 37.5 Å². The fraction of sp³-hybridized carbons (Fsp3) is 0.621. The minimum Gasteiger partial charge on any atom is -0.360 e. The Morgan fingerprint density at radius 3 is 2.50 bits per heavy atom. The zero-order valence-electron chi connectivity index (χ0n) is 22.7. The molecule has 0 radical (unpaired) electrons.